The zero-order valence-electron chi connectivity index (χ0n) is 17.5. The molecule has 0 fully saturated rings. The monoisotopic (exact) mass is 584 g/mol. The van der Waals surface area contributed by atoms with E-state index in [1.54, 1.807) is 48.5 Å². The topological polar surface area (TPSA) is 46.5 Å². The predicted molar refractivity (Wildman–Crippen MR) is 127 cm³/mol. The third-order valence-corrected chi connectivity index (χ3v) is 6.42. The molecule has 3 nitrogen and oxygen atoms in total. The van der Waals surface area contributed by atoms with E-state index in [0.29, 0.717) is 23.1 Å². The first kappa shape index (κ1) is 25.5. The van der Waals surface area contributed by atoms with Crippen LogP contribution >= 0.6 is 31.9 Å². The summed E-state index contributed by atoms with van der Waals surface area (Å²) in [6, 6.07) is 18.2. The first-order chi connectivity index (χ1) is 15.6. The zero-order chi connectivity index (χ0) is 24.2. The van der Waals surface area contributed by atoms with Crippen molar-refractivity contribution < 1.29 is 27.8 Å². The fraction of sp³-hybridized carbons (Fsp3) is 0.240. The molecule has 8 heteroatoms. The highest BCUT2D eigenvalue weighted by molar-refractivity contribution is 9.10. The van der Waals surface area contributed by atoms with Gasteiger partial charge >= 0.3 is 12.1 Å². The van der Waals surface area contributed by atoms with E-state index in [1.165, 1.54) is 12.1 Å². The van der Waals surface area contributed by atoms with Gasteiger partial charge in [0.25, 0.3) is 0 Å². The molecule has 0 spiro atoms. The fourth-order valence-electron chi connectivity index (χ4n) is 3.54. The average Bonchev–Trinajstić information content (AvgIpc) is 2.79. The van der Waals surface area contributed by atoms with Crippen molar-refractivity contribution >= 4 is 37.8 Å². The van der Waals surface area contributed by atoms with Crippen molar-refractivity contribution in [1.82, 2.24) is 0 Å². The Kier molecular flexibility index (Phi) is 8.37. The minimum atomic E-state index is -4.46. The van der Waals surface area contributed by atoms with Crippen LogP contribution in [0.25, 0.3) is 0 Å². The number of rotatable bonds is 7. The fourth-order valence-corrected chi connectivity index (χ4v) is 4.07. The van der Waals surface area contributed by atoms with Crippen LogP contribution in [0.1, 0.15) is 52.6 Å². The molecule has 3 rings (SSSR count). The number of carbonyl (C=O) groups is 1. The van der Waals surface area contributed by atoms with Crippen molar-refractivity contribution in [3.63, 3.8) is 0 Å². The number of halogens is 5. The van der Waals surface area contributed by atoms with Gasteiger partial charge in [-0.3, -0.25) is 0 Å². The van der Waals surface area contributed by atoms with Crippen molar-refractivity contribution in [2.45, 2.75) is 31.7 Å². The van der Waals surface area contributed by atoms with E-state index in [-0.39, 0.29) is 0 Å². The van der Waals surface area contributed by atoms with Crippen molar-refractivity contribution in [1.29, 1.82) is 0 Å². The van der Waals surface area contributed by atoms with Gasteiger partial charge in [-0.1, -0.05) is 63.0 Å². The number of hydrogen-bond acceptors (Lipinski definition) is 3. The summed E-state index contributed by atoms with van der Waals surface area (Å²) in [4.78, 5) is 12.9. The molecular weight excluding hydrogens is 565 g/mol. The van der Waals surface area contributed by atoms with E-state index in [0.717, 1.165) is 21.1 Å². The van der Waals surface area contributed by atoms with Gasteiger partial charge in [-0.25, -0.2) is 4.79 Å². The number of carbonyl (C=O) groups excluding carboxylic acids is 1. The van der Waals surface area contributed by atoms with Gasteiger partial charge in [-0.05, 0) is 66.1 Å². The Bertz CT molecular complexity index is 1070. The summed E-state index contributed by atoms with van der Waals surface area (Å²) < 4.78 is 46.3. The molecule has 0 aliphatic heterocycles. The van der Waals surface area contributed by atoms with E-state index < -0.39 is 35.8 Å². The van der Waals surface area contributed by atoms with E-state index in [1.807, 2.05) is 6.92 Å². The Morgan fingerprint density at radius 1 is 0.879 bits per heavy atom. The lowest BCUT2D eigenvalue weighted by Crippen LogP contribution is -2.25. The van der Waals surface area contributed by atoms with Crippen LogP contribution in [0.2, 0.25) is 0 Å². The average molecular weight is 586 g/mol. The SMILES string of the molecule is CC[C@@H]([C@H](O)c1ccc(C(F)(F)F)cc1)[C@H](OC(=O)c1ccc(Br)cc1)c1ccc(Br)cc1. The highest BCUT2D eigenvalue weighted by Gasteiger charge is 2.34. The molecule has 0 aliphatic rings. The quantitative estimate of drug-likeness (QED) is 0.287. The first-order valence-corrected chi connectivity index (χ1v) is 11.8. The van der Waals surface area contributed by atoms with Gasteiger partial charge in [0.2, 0.25) is 0 Å². The summed E-state index contributed by atoms with van der Waals surface area (Å²) in [5, 5.41) is 11.1. The number of alkyl halides is 3. The molecule has 0 aromatic heterocycles. The molecule has 33 heavy (non-hydrogen) atoms. The van der Waals surface area contributed by atoms with Gasteiger partial charge in [-0.2, -0.15) is 13.2 Å². The largest absolute Gasteiger partial charge is 0.453 e. The van der Waals surface area contributed by atoms with E-state index in [4.69, 9.17) is 4.74 Å². The Morgan fingerprint density at radius 3 is 1.85 bits per heavy atom. The number of esters is 1. The van der Waals surface area contributed by atoms with Crippen molar-refractivity contribution in [3.8, 4) is 0 Å². The maximum absolute atomic E-state index is 12.9. The summed E-state index contributed by atoms with van der Waals surface area (Å²) in [7, 11) is 0. The summed E-state index contributed by atoms with van der Waals surface area (Å²) in [5.74, 6) is -1.16. The molecular formula is C25H21Br2F3O3. The normalized spacial score (nSPS) is 14.4. The first-order valence-electron chi connectivity index (χ1n) is 10.2. The van der Waals surface area contributed by atoms with Gasteiger partial charge in [0.15, 0.2) is 0 Å². The van der Waals surface area contributed by atoms with Crippen LogP contribution in [0, 0.1) is 5.92 Å². The second kappa shape index (κ2) is 10.8. The molecule has 174 valence electrons. The summed E-state index contributed by atoms with van der Waals surface area (Å²) >= 11 is 6.70. The smallest absolute Gasteiger partial charge is 0.416 e. The molecule has 0 radical (unpaired) electrons. The van der Waals surface area contributed by atoms with E-state index in [2.05, 4.69) is 31.9 Å². The zero-order valence-corrected chi connectivity index (χ0v) is 20.7. The van der Waals surface area contributed by atoms with Gasteiger partial charge < -0.3 is 9.84 Å². The lowest BCUT2D eigenvalue weighted by molar-refractivity contribution is -0.137. The maximum Gasteiger partial charge on any atom is 0.416 e. The molecule has 1 N–H and O–H groups in total. The molecule has 0 aliphatic carbocycles. The molecule has 0 bridgehead atoms. The Morgan fingerprint density at radius 2 is 1.36 bits per heavy atom. The molecule has 0 saturated heterocycles. The number of benzene rings is 3. The summed E-state index contributed by atoms with van der Waals surface area (Å²) in [6.07, 6.45) is -6.02. The molecule has 0 unspecified atom stereocenters. The summed E-state index contributed by atoms with van der Waals surface area (Å²) in [5.41, 5.74) is 0.537. The molecule has 0 heterocycles. The Labute approximate surface area is 206 Å². The van der Waals surface area contributed by atoms with Gasteiger partial charge in [0, 0.05) is 14.9 Å². The second-order valence-corrected chi connectivity index (χ2v) is 9.35. The highest BCUT2D eigenvalue weighted by atomic mass is 79.9. The van der Waals surface area contributed by atoms with Gasteiger partial charge in [0.05, 0.1) is 17.2 Å². The molecule has 0 saturated carbocycles. The maximum atomic E-state index is 12.9. The van der Waals surface area contributed by atoms with Crippen molar-refractivity contribution in [2.24, 2.45) is 5.92 Å². The van der Waals surface area contributed by atoms with Crippen LogP contribution in [-0.4, -0.2) is 11.1 Å². The van der Waals surface area contributed by atoms with Crippen LogP contribution < -0.4 is 0 Å². The predicted octanol–water partition coefficient (Wildman–Crippen LogP) is 7.89. The van der Waals surface area contributed by atoms with Crippen molar-refractivity contribution in [2.75, 3.05) is 0 Å². The molecule has 3 aromatic carbocycles. The van der Waals surface area contributed by atoms with Crippen LogP contribution in [0.15, 0.2) is 81.7 Å². The van der Waals surface area contributed by atoms with Crippen molar-refractivity contribution in [3.05, 3.63) is 104 Å². The lowest BCUT2D eigenvalue weighted by atomic mass is 9.85. The van der Waals surface area contributed by atoms with Crippen LogP contribution in [-0.2, 0) is 10.9 Å². The number of aliphatic hydroxyl groups is 1. The highest BCUT2D eigenvalue weighted by Crippen LogP contribution is 2.39. The van der Waals surface area contributed by atoms with Gasteiger partial charge in [0.1, 0.15) is 6.10 Å². The summed E-state index contributed by atoms with van der Waals surface area (Å²) in [6.45, 7) is 1.83. The van der Waals surface area contributed by atoms with Crippen LogP contribution in [0.5, 0.6) is 0 Å². The third kappa shape index (κ3) is 6.46. The number of aliphatic hydroxyl groups excluding tert-OH is 1. The Balaban J connectivity index is 1.93. The Hall–Kier alpha value is -2.16. The molecule has 0 amide bonds. The third-order valence-electron chi connectivity index (χ3n) is 5.36. The van der Waals surface area contributed by atoms with E-state index in [9.17, 15) is 23.1 Å². The lowest BCUT2D eigenvalue weighted by Gasteiger charge is -2.31. The minimum absolute atomic E-state index is 0.316. The number of hydrogen-bond donors (Lipinski definition) is 1. The number of ether oxygens (including phenoxy) is 1. The molecule has 3 atom stereocenters. The standard InChI is InChI=1S/C25H21Br2F3O3/c1-2-21(22(31)15-3-9-18(10-4-15)25(28,29)30)23(16-5-11-19(26)12-6-16)33-24(32)17-7-13-20(27)14-8-17/h3-14,21-23,31H,2H2,1H3/t21-,22+,23+/m0/s1. The van der Waals surface area contributed by atoms with Crippen LogP contribution in [0.4, 0.5) is 13.2 Å². The van der Waals surface area contributed by atoms with E-state index >= 15 is 0 Å². The minimum Gasteiger partial charge on any atom is -0.453 e. The van der Waals surface area contributed by atoms with Crippen LogP contribution in [0.3, 0.4) is 0 Å². The molecule has 3 aromatic rings. The van der Waals surface area contributed by atoms with Gasteiger partial charge in [-0.15, -0.1) is 0 Å². The second-order valence-electron chi connectivity index (χ2n) is 7.52.